The Bertz CT molecular complexity index is 1000. The summed E-state index contributed by atoms with van der Waals surface area (Å²) in [4.78, 5) is 24.2. The molecular formula is C18H15Cl2N3O2S. The topological polar surface area (TPSA) is 66.3 Å². The maximum absolute atomic E-state index is 11.7. The van der Waals surface area contributed by atoms with Gasteiger partial charge in [-0.2, -0.15) is 4.98 Å². The minimum Gasteiger partial charge on any atom is -0.480 e. The number of aryl methyl sites for hydroxylation is 1. The van der Waals surface area contributed by atoms with Crippen LogP contribution in [0.2, 0.25) is 10.3 Å². The van der Waals surface area contributed by atoms with Crippen molar-refractivity contribution in [3.05, 3.63) is 39.4 Å². The Kier molecular flexibility index (Phi) is 4.50. The number of carboxylic acids is 1. The zero-order valence-corrected chi connectivity index (χ0v) is 16.2. The van der Waals surface area contributed by atoms with Gasteiger partial charge in [-0.1, -0.05) is 23.7 Å². The molecule has 26 heavy (non-hydrogen) atoms. The average Bonchev–Trinajstić information content (AvgIpc) is 3.19. The number of carboxylic acid groups (broad SMARTS) is 1. The quantitative estimate of drug-likeness (QED) is 0.616. The summed E-state index contributed by atoms with van der Waals surface area (Å²) < 4.78 is 0. The Morgan fingerprint density at radius 2 is 2.00 bits per heavy atom. The molecule has 134 valence electrons. The number of thiophene rings is 1. The van der Waals surface area contributed by atoms with Gasteiger partial charge >= 0.3 is 5.97 Å². The number of aromatic nitrogens is 2. The van der Waals surface area contributed by atoms with E-state index in [-0.39, 0.29) is 5.28 Å². The van der Waals surface area contributed by atoms with E-state index in [1.165, 1.54) is 11.3 Å². The molecule has 0 amide bonds. The molecule has 0 radical (unpaired) electrons. The summed E-state index contributed by atoms with van der Waals surface area (Å²) in [5.41, 5.74) is 2.00. The Balaban J connectivity index is 1.98. The zero-order chi connectivity index (χ0) is 18.4. The highest BCUT2D eigenvalue weighted by atomic mass is 35.5. The van der Waals surface area contributed by atoms with Crippen molar-refractivity contribution in [2.24, 2.45) is 0 Å². The highest BCUT2D eigenvalue weighted by Gasteiger charge is 2.34. The van der Waals surface area contributed by atoms with Gasteiger partial charge in [0.1, 0.15) is 16.7 Å². The SMILES string of the molecule is Cc1sc2nc(Cl)nc(N3CCCC3C(=O)O)c2c1-c1ccc(Cl)cc1. The third-order valence-corrected chi connectivity index (χ3v) is 6.04. The summed E-state index contributed by atoms with van der Waals surface area (Å²) in [6.07, 6.45) is 1.40. The van der Waals surface area contributed by atoms with Gasteiger partial charge in [0.05, 0.1) is 5.39 Å². The first-order valence-corrected chi connectivity index (χ1v) is 9.75. The molecule has 3 heterocycles. The first-order valence-electron chi connectivity index (χ1n) is 8.17. The first-order chi connectivity index (χ1) is 12.5. The van der Waals surface area contributed by atoms with Gasteiger partial charge < -0.3 is 10.0 Å². The van der Waals surface area contributed by atoms with E-state index >= 15 is 0 Å². The number of anilines is 1. The van der Waals surface area contributed by atoms with Crippen molar-refractivity contribution in [3.8, 4) is 11.1 Å². The molecular weight excluding hydrogens is 393 g/mol. The van der Waals surface area contributed by atoms with E-state index in [9.17, 15) is 9.90 Å². The van der Waals surface area contributed by atoms with E-state index in [1.807, 2.05) is 36.1 Å². The molecule has 1 fully saturated rings. The summed E-state index contributed by atoms with van der Waals surface area (Å²) in [5.74, 6) is -0.246. The second-order valence-corrected chi connectivity index (χ2v) is 8.20. The summed E-state index contributed by atoms with van der Waals surface area (Å²) >= 11 is 13.7. The van der Waals surface area contributed by atoms with Gasteiger partial charge in [0.15, 0.2) is 0 Å². The van der Waals surface area contributed by atoms with Crippen LogP contribution in [0.5, 0.6) is 0 Å². The van der Waals surface area contributed by atoms with Crippen LogP contribution in [0.15, 0.2) is 24.3 Å². The van der Waals surface area contributed by atoms with Gasteiger partial charge in [0, 0.05) is 22.0 Å². The molecule has 0 bridgehead atoms. The number of hydrogen-bond acceptors (Lipinski definition) is 5. The van der Waals surface area contributed by atoms with Crippen LogP contribution in [0.3, 0.4) is 0 Å². The lowest BCUT2D eigenvalue weighted by molar-refractivity contribution is -0.138. The number of aliphatic carboxylic acids is 1. The maximum Gasteiger partial charge on any atom is 0.326 e. The van der Waals surface area contributed by atoms with E-state index in [4.69, 9.17) is 23.2 Å². The summed E-state index contributed by atoms with van der Waals surface area (Å²) in [6, 6.07) is 6.99. The molecule has 0 aliphatic carbocycles. The number of halogens is 2. The fourth-order valence-corrected chi connectivity index (χ4v) is 4.90. The molecule has 3 aromatic rings. The van der Waals surface area contributed by atoms with Crippen LogP contribution in [0, 0.1) is 6.92 Å². The highest BCUT2D eigenvalue weighted by Crippen LogP contribution is 2.43. The number of rotatable bonds is 3. The second kappa shape index (κ2) is 6.68. The largest absolute Gasteiger partial charge is 0.480 e. The van der Waals surface area contributed by atoms with Gasteiger partial charge in [-0.05, 0) is 49.1 Å². The predicted octanol–water partition coefficient (Wildman–Crippen LogP) is 5.03. The fourth-order valence-electron chi connectivity index (χ4n) is 3.52. The van der Waals surface area contributed by atoms with Gasteiger partial charge in [-0.3, -0.25) is 0 Å². The normalized spacial score (nSPS) is 17.2. The van der Waals surface area contributed by atoms with Gasteiger partial charge in [-0.15, -0.1) is 11.3 Å². The molecule has 1 saturated heterocycles. The minimum atomic E-state index is -0.842. The average molecular weight is 408 g/mol. The van der Waals surface area contributed by atoms with E-state index < -0.39 is 12.0 Å². The lowest BCUT2D eigenvalue weighted by atomic mass is 10.0. The molecule has 1 N–H and O–H groups in total. The highest BCUT2D eigenvalue weighted by molar-refractivity contribution is 7.19. The third kappa shape index (κ3) is 2.92. The summed E-state index contributed by atoms with van der Waals surface area (Å²) in [7, 11) is 0. The van der Waals surface area contributed by atoms with E-state index in [0.717, 1.165) is 32.6 Å². The van der Waals surface area contributed by atoms with Crippen molar-refractivity contribution in [2.45, 2.75) is 25.8 Å². The van der Waals surface area contributed by atoms with Crippen molar-refractivity contribution in [2.75, 3.05) is 11.4 Å². The maximum atomic E-state index is 11.7. The molecule has 1 aliphatic heterocycles. The van der Waals surface area contributed by atoms with Crippen molar-refractivity contribution >= 4 is 56.5 Å². The van der Waals surface area contributed by atoms with Gasteiger partial charge in [-0.25, -0.2) is 9.78 Å². The molecule has 0 spiro atoms. The molecule has 8 heteroatoms. The molecule has 1 aliphatic rings. The number of benzene rings is 1. The second-order valence-electron chi connectivity index (χ2n) is 6.23. The van der Waals surface area contributed by atoms with E-state index in [2.05, 4.69) is 9.97 Å². The predicted molar refractivity (Wildman–Crippen MR) is 106 cm³/mol. The number of hydrogen-bond donors (Lipinski definition) is 1. The summed E-state index contributed by atoms with van der Waals surface area (Å²) in [5, 5.41) is 11.2. The van der Waals surface area contributed by atoms with E-state index in [1.54, 1.807) is 0 Å². The Morgan fingerprint density at radius 3 is 2.69 bits per heavy atom. The lowest BCUT2D eigenvalue weighted by Gasteiger charge is -2.23. The summed E-state index contributed by atoms with van der Waals surface area (Å²) in [6.45, 7) is 2.65. The minimum absolute atomic E-state index is 0.132. The molecule has 5 nitrogen and oxygen atoms in total. The monoisotopic (exact) mass is 407 g/mol. The molecule has 1 atom stereocenters. The van der Waals surface area contributed by atoms with Crippen LogP contribution >= 0.6 is 34.5 Å². The smallest absolute Gasteiger partial charge is 0.326 e. The Morgan fingerprint density at radius 1 is 1.27 bits per heavy atom. The molecule has 0 saturated carbocycles. The van der Waals surface area contributed by atoms with Crippen LogP contribution in [0.1, 0.15) is 17.7 Å². The van der Waals surface area contributed by atoms with Crippen LogP contribution in [-0.2, 0) is 4.79 Å². The Hall–Kier alpha value is -1.89. The van der Waals surface area contributed by atoms with Crippen molar-refractivity contribution < 1.29 is 9.90 Å². The molecule has 1 aromatic carbocycles. The molecule has 2 aromatic heterocycles. The Labute approximate surface area is 164 Å². The third-order valence-electron chi connectivity index (χ3n) is 4.62. The molecule has 1 unspecified atom stereocenters. The van der Waals surface area contributed by atoms with Gasteiger partial charge in [0.2, 0.25) is 5.28 Å². The number of carbonyl (C=O) groups is 1. The van der Waals surface area contributed by atoms with Crippen LogP contribution in [0.25, 0.3) is 21.3 Å². The van der Waals surface area contributed by atoms with Crippen LogP contribution in [-0.4, -0.2) is 33.6 Å². The number of nitrogens with zero attached hydrogens (tertiary/aromatic N) is 3. The van der Waals surface area contributed by atoms with Crippen LogP contribution in [0.4, 0.5) is 5.82 Å². The van der Waals surface area contributed by atoms with Gasteiger partial charge in [0.25, 0.3) is 0 Å². The standard InChI is InChI=1S/C18H15Cl2N3O2S/c1-9-13(10-4-6-11(19)7-5-10)14-15(21-18(20)22-16(14)26-9)23-8-2-3-12(23)17(24)25/h4-7,12H,2-3,8H2,1H3,(H,24,25). The number of fused-ring (bicyclic) bond motifs is 1. The zero-order valence-electron chi connectivity index (χ0n) is 13.9. The van der Waals surface area contributed by atoms with Crippen molar-refractivity contribution in [3.63, 3.8) is 0 Å². The van der Waals surface area contributed by atoms with Crippen molar-refractivity contribution in [1.82, 2.24) is 9.97 Å². The van der Waals surface area contributed by atoms with Crippen LogP contribution < -0.4 is 4.90 Å². The van der Waals surface area contributed by atoms with E-state index in [0.29, 0.717) is 23.8 Å². The molecule has 4 rings (SSSR count). The lowest BCUT2D eigenvalue weighted by Crippen LogP contribution is -2.36. The fraction of sp³-hybridized carbons (Fsp3) is 0.278. The first kappa shape index (κ1) is 17.5. The van der Waals surface area contributed by atoms with Crippen molar-refractivity contribution in [1.29, 1.82) is 0 Å².